The van der Waals surface area contributed by atoms with Crippen molar-refractivity contribution >= 4 is 8.32 Å². The van der Waals surface area contributed by atoms with E-state index in [9.17, 15) is 0 Å². The molecule has 0 saturated carbocycles. The predicted octanol–water partition coefficient (Wildman–Crippen LogP) is -0.168. The Morgan fingerprint density at radius 1 is 0.773 bits per heavy atom. The zero-order valence-electron chi connectivity index (χ0n) is 13.2. The van der Waals surface area contributed by atoms with Gasteiger partial charge in [-0.15, -0.1) is 0 Å². The van der Waals surface area contributed by atoms with E-state index in [1.165, 1.54) is 0 Å². The summed E-state index contributed by atoms with van der Waals surface area (Å²) in [6, 6.07) is 0. The lowest BCUT2D eigenvalue weighted by atomic mass is 10.5. The van der Waals surface area contributed by atoms with E-state index in [1.807, 2.05) is 6.92 Å². The van der Waals surface area contributed by atoms with Crippen LogP contribution in [0.5, 0.6) is 0 Å². The molecule has 0 aliphatic carbocycles. The minimum absolute atomic E-state index is 0.259. The average Bonchev–Trinajstić information content (AvgIpc) is 3.36. The van der Waals surface area contributed by atoms with Crippen LogP contribution in [0.4, 0.5) is 0 Å². The molecule has 0 bridgehead atoms. The highest BCUT2D eigenvalue weighted by Gasteiger charge is 2.39. The van der Waals surface area contributed by atoms with Crippen LogP contribution in [0.2, 0.25) is 0 Å². The Balaban J connectivity index is 1.45. The summed E-state index contributed by atoms with van der Waals surface area (Å²) < 4.78 is 39.0. The van der Waals surface area contributed by atoms with E-state index >= 15 is 0 Å². The van der Waals surface area contributed by atoms with E-state index in [0.29, 0.717) is 45.1 Å². The van der Waals surface area contributed by atoms with Crippen molar-refractivity contribution in [1.29, 1.82) is 0 Å². The van der Waals surface area contributed by atoms with Gasteiger partial charge in [0.2, 0.25) is 0 Å². The Labute approximate surface area is 132 Å². The molecule has 128 valence electrons. The number of epoxide rings is 3. The van der Waals surface area contributed by atoms with E-state index in [4.69, 9.17) is 32.8 Å². The van der Waals surface area contributed by atoms with Gasteiger partial charge in [0.1, 0.15) is 18.3 Å². The molecule has 0 radical (unpaired) electrons. The van der Waals surface area contributed by atoms with Crippen molar-refractivity contribution in [3.05, 3.63) is 0 Å². The highest BCUT2D eigenvalue weighted by Crippen LogP contribution is 2.16. The third-order valence-electron chi connectivity index (χ3n) is 3.66. The van der Waals surface area contributed by atoms with E-state index in [2.05, 4.69) is 0 Å². The van der Waals surface area contributed by atoms with Gasteiger partial charge in [0, 0.05) is 6.61 Å². The van der Waals surface area contributed by atoms with Gasteiger partial charge in [0.15, 0.2) is 0 Å². The topological polar surface area (TPSA) is 74.5 Å². The minimum Gasteiger partial charge on any atom is -0.410 e. The number of rotatable bonds is 14. The molecule has 3 unspecified atom stereocenters. The van der Waals surface area contributed by atoms with Gasteiger partial charge >= 0.3 is 0 Å². The third-order valence-corrected chi connectivity index (χ3v) is 6.76. The second-order valence-corrected chi connectivity index (χ2v) is 9.55. The maximum atomic E-state index is 6.08. The molecule has 0 N–H and O–H groups in total. The third kappa shape index (κ3) is 6.21. The lowest BCUT2D eigenvalue weighted by Gasteiger charge is -2.30. The molecule has 3 fully saturated rings. The smallest absolute Gasteiger partial charge is 0.268 e. The van der Waals surface area contributed by atoms with E-state index in [0.717, 1.165) is 19.8 Å². The largest absolute Gasteiger partial charge is 0.410 e. The zero-order valence-corrected chi connectivity index (χ0v) is 14.2. The SMILES string of the molecule is CCO[Si](COCC1CO1)(COCC1CO1)COCC1CO1. The minimum atomic E-state index is -2.25. The molecule has 0 amide bonds. The van der Waals surface area contributed by atoms with Gasteiger partial charge in [-0.25, -0.2) is 0 Å². The molecule has 8 heteroatoms. The van der Waals surface area contributed by atoms with Gasteiger partial charge in [0.25, 0.3) is 8.32 Å². The molecule has 0 aromatic rings. The fourth-order valence-electron chi connectivity index (χ4n) is 2.18. The van der Waals surface area contributed by atoms with E-state index in [1.54, 1.807) is 0 Å². The van der Waals surface area contributed by atoms with Gasteiger partial charge < -0.3 is 32.8 Å². The van der Waals surface area contributed by atoms with Crippen molar-refractivity contribution in [3.63, 3.8) is 0 Å². The van der Waals surface area contributed by atoms with Crippen molar-refractivity contribution in [2.45, 2.75) is 25.2 Å². The summed E-state index contributed by atoms with van der Waals surface area (Å²) in [5.41, 5.74) is 0. The van der Waals surface area contributed by atoms with Gasteiger partial charge in [-0.05, 0) is 6.92 Å². The normalized spacial score (nSPS) is 31.8. The first-order chi connectivity index (χ1) is 10.8. The summed E-state index contributed by atoms with van der Waals surface area (Å²) in [6.07, 6.45) is 2.48. The molecule has 22 heavy (non-hydrogen) atoms. The molecule has 7 nitrogen and oxygen atoms in total. The van der Waals surface area contributed by atoms with Crippen LogP contribution >= 0.6 is 0 Å². The summed E-state index contributed by atoms with van der Waals surface area (Å²) in [4.78, 5) is 0. The summed E-state index contributed by atoms with van der Waals surface area (Å²) >= 11 is 0. The number of hydrogen-bond acceptors (Lipinski definition) is 7. The molecule has 0 aromatic carbocycles. The summed E-state index contributed by atoms with van der Waals surface area (Å²) in [5, 5.41) is 0. The quantitative estimate of drug-likeness (QED) is 0.322. The van der Waals surface area contributed by atoms with Crippen LogP contribution in [0.3, 0.4) is 0 Å². The van der Waals surface area contributed by atoms with Crippen molar-refractivity contribution in [1.82, 2.24) is 0 Å². The summed E-state index contributed by atoms with van der Waals surface area (Å²) in [6.45, 7) is 6.91. The van der Waals surface area contributed by atoms with E-state index < -0.39 is 8.32 Å². The standard InChI is InChI=1S/C14H26O7Si/c1-2-21-22(9-15-3-12-6-18-12,10-16-4-13-7-19-13)11-17-5-14-8-20-14/h12-14H,2-11H2,1H3. The molecule has 3 saturated heterocycles. The molecular formula is C14H26O7Si. The molecule has 3 rings (SSSR count). The van der Waals surface area contributed by atoms with Crippen LogP contribution < -0.4 is 0 Å². The predicted molar refractivity (Wildman–Crippen MR) is 79.1 cm³/mol. The molecule has 3 aliphatic rings. The molecule has 0 spiro atoms. The highest BCUT2D eigenvalue weighted by molar-refractivity contribution is 6.73. The van der Waals surface area contributed by atoms with Crippen LogP contribution in [0.1, 0.15) is 6.92 Å². The molecule has 3 heterocycles. The van der Waals surface area contributed by atoms with Gasteiger partial charge in [-0.3, -0.25) is 0 Å². The first-order valence-corrected chi connectivity index (χ1v) is 10.5. The van der Waals surface area contributed by atoms with Crippen molar-refractivity contribution in [3.8, 4) is 0 Å². The highest BCUT2D eigenvalue weighted by atomic mass is 28.4. The Kier molecular flexibility index (Phi) is 6.22. The lowest BCUT2D eigenvalue weighted by Crippen LogP contribution is -2.54. The van der Waals surface area contributed by atoms with Crippen molar-refractivity contribution < 1.29 is 32.8 Å². The van der Waals surface area contributed by atoms with Gasteiger partial charge in [-0.1, -0.05) is 0 Å². The Hall–Kier alpha value is -0.0631. The van der Waals surface area contributed by atoms with Crippen LogP contribution in [-0.4, -0.2) is 91.6 Å². The van der Waals surface area contributed by atoms with Gasteiger partial charge in [0.05, 0.1) is 58.3 Å². The van der Waals surface area contributed by atoms with Crippen LogP contribution in [0.15, 0.2) is 0 Å². The Morgan fingerprint density at radius 3 is 1.41 bits per heavy atom. The Bertz CT molecular complexity index is 286. The molecular weight excluding hydrogens is 308 g/mol. The number of ether oxygens (including phenoxy) is 6. The fourth-order valence-corrected chi connectivity index (χ4v) is 4.76. The Morgan fingerprint density at radius 2 is 1.14 bits per heavy atom. The second kappa shape index (κ2) is 8.16. The first-order valence-electron chi connectivity index (χ1n) is 8.02. The number of hydrogen-bond donors (Lipinski definition) is 0. The maximum Gasteiger partial charge on any atom is 0.268 e. The fraction of sp³-hybridized carbons (Fsp3) is 1.00. The second-order valence-electron chi connectivity index (χ2n) is 6.03. The monoisotopic (exact) mass is 334 g/mol. The summed E-state index contributed by atoms with van der Waals surface area (Å²) in [5.74, 6) is 0. The first kappa shape index (κ1) is 16.8. The molecule has 0 aromatic heterocycles. The molecule has 3 aliphatic heterocycles. The zero-order chi connectivity index (χ0) is 15.3. The van der Waals surface area contributed by atoms with Crippen molar-refractivity contribution in [2.24, 2.45) is 0 Å². The van der Waals surface area contributed by atoms with Crippen LogP contribution in [0.25, 0.3) is 0 Å². The van der Waals surface area contributed by atoms with E-state index in [-0.39, 0.29) is 18.3 Å². The van der Waals surface area contributed by atoms with Crippen LogP contribution in [0, 0.1) is 0 Å². The summed E-state index contributed by atoms with van der Waals surface area (Å²) in [7, 11) is -2.25. The van der Waals surface area contributed by atoms with Gasteiger partial charge in [-0.2, -0.15) is 0 Å². The molecule has 3 atom stereocenters. The van der Waals surface area contributed by atoms with Crippen LogP contribution in [-0.2, 0) is 32.8 Å². The lowest BCUT2D eigenvalue weighted by molar-refractivity contribution is 0.0787. The van der Waals surface area contributed by atoms with Crippen molar-refractivity contribution in [2.75, 3.05) is 64.9 Å². The maximum absolute atomic E-state index is 6.08. The average molecular weight is 334 g/mol.